The summed E-state index contributed by atoms with van der Waals surface area (Å²) in [7, 11) is 0. The van der Waals surface area contributed by atoms with Gasteiger partial charge in [-0.3, -0.25) is 14.5 Å². The lowest BCUT2D eigenvalue weighted by Crippen LogP contribution is -2.49. The first-order valence-corrected chi connectivity index (χ1v) is 8.59. The summed E-state index contributed by atoms with van der Waals surface area (Å²) in [4.78, 5) is 28.2. The summed E-state index contributed by atoms with van der Waals surface area (Å²) in [5, 5.41) is 0. The van der Waals surface area contributed by atoms with Crippen molar-refractivity contribution < 1.29 is 4.79 Å². The lowest BCUT2D eigenvalue weighted by atomic mass is 10.2. The van der Waals surface area contributed by atoms with Crippen LogP contribution in [0.4, 0.5) is 0 Å². The molecule has 0 unspecified atom stereocenters. The number of rotatable bonds is 5. The molecule has 2 heterocycles. The zero-order valence-electron chi connectivity index (χ0n) is 14.3. The molecule has 0 saturated carbocycles. The first-order valence-electron chi connectivity index (χ1n) is 8.59. The average Bonchev–Trinajstić information content (AvgIpc) is 2.65. The number of piperazine rings is 1. The molecule has 0 aliphatic carbocycles. The quantitative estimate of drug-likeness (QED) is 0.834. The second kappa shape index (κ2) is 8.44. The zero-order chi connectivity index (χ0) is 17.5. The van der Waals surface area contributed by atoms with Crippen molar-refractivity contribution in [2.45, 2.75) is 6.54 Å². The topological polar surface area (TPSA) is 45.6 Å². The van der Waals surface area contributed by atoms with Crippen molar-refractivity contribution in [3.8, 4) is 0 Å². The van der Waals surface area contributed by atoms with Crippen molar-refractivity contribution in [1.29, 1.82) is 0 Å². The highest BCUT2D eigenvalue weighted by atomic mass is 16.2. The van der Waals surface area contributed by atoms with E-state index in [0.29, 0.717) is 13.1 Å². The minimum absolute atomic E-state index is 0.00720. The van der Waals surface area contributed by atoms with Crippen LogP contribution in [0.25, 0.3) is 6.08 Å². The van der Waals surface area contributed by atoms with E-state index in [4.69, 9.17) is 0 Å². The maximum absolute atomic E-state index is 12.4. The minimum atomic E-state index is -0.138. The van der Waals surface area contributed by atoms with Gasteiger partial charge in [0.05, 0.1) is 0 Å². The van der Waals surface area contributed by atoms with E-state index >= 15 is 0 Å². The number of hydrogen-bond acceptors (Lipinski definition) is 3. The number of nitrogens with zero attached hydrogens (tertiary/aromatic N) is 3. The van der Waals surface area contributed by atoms with Gasteiger partial charge in [-0.25, -0.2) is 0 Å². The van der Waals surface area contributed by atoms with Gasteiger partial charge in [0.25, 0.3) is 5.56 Å². The van der Waals surface area contributed by atoms with Crippen molar-refractivity contribution in [1.82, 2.24) is 14.4 Å². The molecule has 1 aromatic heterocycles. The highest BCUT2D eigenvalue weighted by Gasteiger charge is 2.20. The molecule has 1 amide bonds. The maximum Gasteiger partial charge on any atom is 0.250 e. The van der Waals surface area contributed by atoms with E-state index in [9.17, 15) is 9.59 Å². The highest BCUT2D eigenvalue weighted by molar-refractivity contribution is 5.76. The van der Waals surface area contributed by atoms with Gasteiger partial charge in [0.2, 0.25) is 5.91 Å². The molecule has 2 aromatic rings. The number of benzene rings is 1. The predicted octanol–water partition coefficient (Wildman–Crippen LogP) is 1.71. The molecule has 1 aliphatic heterocycles. The number of hydrogen-bond donors (Lipinski definition) is 0. The first kappa shape index (κ1) is 17.2. The predicted molar refractivity (Wildman–Crippen MR) is 99.2 cm³/mol. The Hall–Kier alpha value is -2.66. The van der Waals surface area contributed by atoms with Crippen LogP contribution < -0.4 is 5.56 Å². The molecular formula is C20H23N3O2. The van der Waals surface area contributed by atoms with Crippen LogP contribution in [0.2, 0.25) is 0 Å². The van der Waals surface area contributed by atoms with E-state index in [1.807, 2.05) is 23.1 Å². The molecule has 5 heteroatoms. The fourth-order valence-corrected chi connectivity index (χ4v) is 2.92. The van der Waals surface area contributed by atoms with E-state index < -0.39 is 0 Å². The lowest BCUT2D eigenvalue weighted by molar-refractivity contribution is -0.133. The maximum atomic E-state index is 12.4. The molecule has 0 radical (unpaired) electrons. The third-order valence-electron chi connectivity index (χ3n) is 4.40. The van der Waals surface area contributed by atoms with Crippen LogP contribution in [0.15, 0.2) is 65.6 Å². The Bertz CT molecular complexity index is 775. The van der Waals surface area contributed by atoms with Gasteiger partial charge < -0.3 is 9.47 Å². The normalized spacial score (nSPS) is 15.6. The molecule has 3 rings (SSSR count). The number of aromatic nitrogens is 1. The monoisotopic (exact) mass is 337 g/mol. The van der Waals surface area contributed by atoms with Crippen molar-refractivity contribution >= 4 is 12.0 Å². The summed E-state index contributed by atoms with van der Waals surface area (Å²) in [6.07, 6.45) is 5.94. The van der Waals surface area contributed by atoms with Gasteiger partial charge in [0.15, 0.2) is 0 Å². The van der Waals surface area contributed by atoms with Gasteiger partial charge in [-0.15, -0.1) is 0 Å². The Balaban J connectivity index is 1.45. The molecule has 1 saturated heterocycles. The van der Waals surface area contributed by atoms with E-state index in [1.165, 1.54) is 16.2 Å². The number of carbonyl (C=O) groups is 1. The third kappa shape index (κ3) is 4.90. The van der Waals surface area contributed by atoms with Crippen LogP contribution in [0.1, 0.15) is 5.56 Å². The van der Waals surface area contributed by atoms with Gasteiger partial charge in [-0.2, -0.15) is 0 Å². The molecule has 5 nitrogen and oxygen atoms in total. The smallest absolute Gasteiger partial charge is 0.250 e. The van der Waals surface area contributed by atoms with E-state index in [-0.39, 0.29) is 18.0 Å². The van der Waals surface area contributed by atoms with Gasteiger partial charge in [0.1, 0.15) is 6.54 Å². The average molecular weight is 337 g/mol. The van der Waals surface area contributed by atoms with Crippen LogP contribution in [-0.4, -0.2) is 53.0 Å². The second-order valence-electron chi connectivity index (χ2n) is 6.16. The fourth-order valence-electron chi connectivity index (χ4n) is 2.92. The molecule has 0 atom stereocenters. The Morgan fingerprint density at radius 2 is 1.68 bits per heavy atom. The Morgan fingerprint density at radius 1 is 0.960 bits per heavy atom. The van der Waals surface area contributed by atoms with Crippen LogP contribution in [0.3, 0.4) is 0 Å². The second-order valence-corrected chi connectivity index (χ2v) is 6.16. The number of amides is 1. The van der Waals surface area contributed by atoms with Crippen molar-refractivity contribution in [3.05, 3.63) is 76.7 Å². The summed E-state index contributed by atoms with van der Waals surface area (Å²) in [5.74, 6) is 0.00720. The number of carbonyl (C=O) groups excluding carboxylic acids is 1. The summed E-state index contributed by atoms with van der Waals surface area (Å²) >= 11 is 0. The Labute approximate surface area is 147 Å². The van der Waals surface area contributed by atoms with E-state index in [1.54, 1.807) is 18.3 Å². The first-order chi connectivity index (χ1) is 12.2. The molecule has 0 spiro atoms. The molecule has 130 valence electrons. The van der Waals surface area contributed by atoms with Gasteiger partial charge >= 0.3 is 0 Å². The van der Waals surface area contributed by atoms with Gasteiger partial charge in [-0.1, -0.05) is 48.6 Å². The number of pyridine rings is 1. The lowest BCUT2D eigenvalue weighted by Gasteiger charge is -2.34. The zero-order valence-corrected chi connectivity index (χ0v) is 14.3. The summed E-state index contributed by atoms with van der Waals surface area (Å²) in [6.45, 7) is 4.13. The van der Waals surface area contributed by atoms with E-state index in [0.717, 1.165) is 19.6 Å². The van der Waals surface area contributed by atoms with Crippen LogP contribution >= 0.6 is 0 Å². The van der Waals surface area contributed by atoms with Crippen molar-refractivity contribution in [3.63, 3.8) is 0 Å². The molecule has 25 heavy (non-hydrogen) atoms. The van der Waals surface area contributed by atoms with Crippen LogP contribution in [0.5, 0.6) is 0 Å². The highest BCUT2D eigenvalue weighted by Crippen LogP contribution is 2.05. The standard InChI is InChI=1S/C20H23N3O2/c24-19-10-4-5-12-23(19)17-20(25)22-15-13-21(14-16-22)11-6-9-18-7-2-1-3-8-18/h1-10,12H,11,13-17H2. The van der Waals surface area contributed by atoms with Crippen molar-refractivity contribution in [2.75, 3.05) is 32.7 Å². The van der Waals surface area contributed by atoms with Crippen molar-refractivity contribution in [2.24, 2.45) is 0 Å². The fraction of sp³-hybridized carbons (Fsp3) is 0.300. The summed E-state index contributed by atoms with van der Waals surface area (Å²) < 4.78 is 1.46. The molecule has 1 aromatic carbocycles. The third-order valence-corrected chi connectivity index (χ3v) is 4.40. The van der Waals surface area contributed by atoms with Gasteiger partial charge in [0, 0.05) is 45.0 Å². The molecule has 1 fully saturated rings. The summed E-state index contributed by atoms with van der Waals surface area (Å²) in [6, 6.07) is 15.2. The molecule has 0 bridgehead atoms. The van der Waals surface area contributed by atoms with Crippen LogP contribution in [0, 0.1) is 0 Å². The van der Waals surface area contributed by atoms with E-state index in [2.05, 4.69) is 29.2 Å². The molecule has 1 aliphatic rings. The largest absolute Gasteiger partial charge is 0.339 e. The Kier molecular flexibility index (Phi) is 5.80. The van der Waals surface area contributed by atoms with Crippen LogP contribution in [-0.2, 0) is 11.3 Å². The van der Waals surface area contributed by atoms with Gasteiger partial charge in [-0.05, 0) is 11.6 Å². The molecular weight excluding hydrogens is 314 g/mol. The molecule has 0 N–H and O–H groups in total. The Morgan fingerprint density at radius 3 is 2.40 bits per heavy atom. The summed E-state index contributed by atoms with van der Waals surface area (Å²) in [5.41, 5.74) is 1.06. The SMILES string of the molecule is O=C(Cn1ccccc1=O)N1CCN(CC=Cc2ccccc2)CC1. The minimum Gasteiger partial charge on any atom is -0.339 e.